The summed E-state index contributed by atoms with van der Waals surface area (Å²) in [6, 6.07) is 12.6. The zero-order valence-electron chi connectivity index (χ0n) is 16.6. The van der Waals surface area contributed by atoms with Crippen molar-refractivity contribution in [1.29, 1.82) is 0 Å². The highest BCUT2D eigenvalue weighted by Crippen LogP contribution is 2.36. The summed E-state index contributed by atoms with van der Waals surface area (Å²) in [5.41, 5.74) is 1.40. The second kappa shape index (κ2) is 7.77. The van der Waals surface area contributed by atoms with E-state index in [1.54, 1.807) is 27.7 Å². The summed E-state index contributed by atoms with van der Waals surface area (Å²) in [7, 11) is 0. The quantitative estimate of drug-likeness (QED) is 0.681. The number of nitrogens with zero attached hydrogens (tertiary/aromatic N) is 2. The first kappa shape index (κ1) is 19.7. The smallest absolute Gasteiger partial charge is 0.274 e. The van der Waals surface area contributed by atoms with Crippen molar-refractivity contribution in [2.75, 3.05) is 18.4 Å². The third-order valence-electron chi connectivity index (χ3n) is 5.98. The molecule has 31 heavy (non-hydrogen) atoms. The average Bonchev–Trinajstić information content (AvgIpc) is 3.31. The van der Waals surface area contributed by atoms with E-state index >= 15 is 0 Å². The molecule has 5 rings (SSSR count). The average molecular weight is 437 g/mol. The maximum Gasteiger partial charge on any atom is 0.274 e. The molecule has 2 amide bonds. The molecule has 2 aliphatic rings. The number of pyridine rings is 1. The lowest BCUT2D eigenvalue weighted by molar-refractivity contribution is 0.0594. The SMILES string of the molecule is O=C(Nc1ccc2n(c1=O)C[C@@H]1C[C@@H]2CN(C(=O)c2ccc(F)cc2)C1)c1cccs1. The minimum Gasteiger partial charge on any atom is -0.338 e. The number of piperidine rings is 1. The van der Waals surface area contributed by atoms with Gasteiger partial charge in [-0.1, -0.05) is 6.07 Å². The lowest BCUT2D eigenvalue weighted by Gasteiger charge is -2.43. The van der Waals surface area contributed by atoms with E-state index in [1.165, 1.54) is 35.6 Å². The zero-order chi connectivity index (χ0) is 21.5. The van der Waals surface area contributed by atoms with Crippen molar-refractivity contribution in [3.63, 3.8) is 0 Å². The standard InChI is InChI=1S/C23H20FN3O3S/c24-17-5-3-15(4-6-17)22(29)26-11-14-10-16(13-26)19-8-7-18(23(30)27(19)12-14)25-21(28)20-2-1-9-31-20/h1-9,14,16H,10-13H2,(H,25,28)/t14-,16-/m1/s1. The van der Waals surface area contributed by atoms with Gasteiger partial charge in [-0.05, 0) is 60.2 Å². The zero-order valence-corrected chi connectivity index (χ0v) is 17.4. The highest BCUT2D eigenvalue weighted by atomic mass is 32.1. The lowest BCUT2D eigenvalue weighted by Crippen LogP contribution is -2.49. The number of aromatic nitrogens is 1. The van der Waals surface area contributed by atoms with Crippen LogP contribution in [0.15, 0.2) is 58.7 Å². The van der Waals surface area contributed by atoms with Crippen LogP contribution in [-0.4, -0.2) is 34.4 Å². The number of benzene rings is 1. The number of amides is 2. The van der Waals surface area contributed by atoms with Gasteiger partial charge >= 0.3 is 0 Å². The number of halogens is 1. The van der Waals surface area contributed by atoms with Crippen molar-refractivity contribution in [3.05, 3.63) is 86.2 Å². The largest absolute Gasteiger partial charge is 0.338 e. The van der Waals surface area contributed by atoms with Crippen LogP contribution in [-0.2, 0) is 6.54 Å². The molecule has 2 atom stereocenters. The normalized spacial score (nSPS) is 19.6. The van der Waals surface area contributed by atoms with Gasteiger partial charge in [0.1, 0.15) is 11.5 Å². The third-order valence-corrected chi connectivity index (χ3v) is 6.84. The molecule has 0 spiro atoms. The summed E-state index contributed by atoms with van der Waals surface area (Å²) >= 11 is 1.32. The van der Waals surface area contributed by atoms with Crippen LogP contribution in [0, 0.1) is 11.7 Å². The van der Waals surface area contributed by atoms with Crippen LogP contribution in [0.2, 0.25) is 0 Å². The van der Waals surface area contributed by atoms with Gasteiger partial charge in [0, 0.05) is 36.8 Å². The lowest BCUT2D eigenvalue weighted by atomic mass is 9.83. The van der Waals surface area contributed by atoms with E-state index < -0.39 is 0 Å². The van der Waals surface area contributed by atoms with Gasteiger partial charge in [0.2, 0.25) is 0 Å². The first-order chi connectivity index (χ1) is 15.0. The number of fused-ring (bicyclic) bond motifs is 4. The molecule has 3 aromatic rings. The topological polar surface area (TPSA) is 71.4 Å². The molecule has 6 nitrogen and oxygen atoms in total. The van der Waals surface area contributed by atoms with E-state index in [9.17, 15) is 18.8 Å². The van der Waals surface area contributed by atoms with Gasteiger partial charge in [0.25, 0.3) is 17.4 Å². The predicted octanol–water partition coefficient (Wildman–Crippen LogP) is 3.56. The Labute approximate surface area is 181 Å². The molecule has 2 bridgehead atoms. The molecule has 2 aromatic heterocycles. The van der Waals surface area contributed by atoms with E-state index in [4.69, 9.17) is 0 Å². The van der Waals surface area contributed by atoms with E-state index in [0.717, 1.165) is 12.1 Å². The Bertz CT molecular complexity index is 1200. The molecule has 1 saturated heterocycles. The number of carbonyl (C=O) groups excluding carboxylic acids is 2. The summed E-state index contributed by atoms with van der Waals surface area (Å²) in [5, 5.41) is 4.54. The number of hydrogen-bond donors (Lipinski definition) is 1. The Kier molecular flexibility index (Phi) is 4.94. The number of carbonyl (C=O) groups is 2. The maximum absolute atomic E-state index is 13.2. The number of hydrogen-bond acceptors (Lipinski definition) is 4. The number of likely N-dealkylation sites (tertiary alicyclic amines) is 1. The third kappa shape index (κ3) is 3.67. The number of anilines is 1. The molecule has 4 heterocycles. The molecule has 1 fully saturated rings. The predicted molar refractivity (Wildman–Crippen MR) is 116 cm³/mol. The van der Waals surface area contributed by atoms with Gasteiger partial charge in [0.05, 0.1) is 4.88 Å². The summed E-state index contributed by atoms with van der Waals surface area (Å²) < 4.78 is 14.9. The van der Waals surface area contributed by atoms with Crippen molar-refractivity contribution >= 4 is 28.8 Å². The molecule has 158 valence electrons. The van der Waals surface area contributed by atoms with E-state index in [-0.39, 0.29) is 40.7 Å². The Morgan fingerprint density at radius 3 is 2.58 bits per heavy atom. The molecule has 0 radical (unpaired) electrons. The number of nitrogens with one attached hydrogen (secondary N) is 1. The number of rotatable bonds is 3. The van der Waals surface area contributed by atoms with Crippen molar-refractivity contribution < 1.29 is 14.0 Å². The van der Waals surface area contributed by atoms with Crippen LogP contribution < -0.4 is 10.9 Å². The van der Waals surface area contributed by atoms with Gasteiger partial charge < -0.3 is 14.8 Å². The molecule has 0 unspecified atom stereocenters. The van der Waals surface area contributed by atoms with Crippen molar-refractivity contribution in [2.45, 2.75) is 18.9 Å². The fourth-order valence-corrected chi connectivity index (χ4v) is 5.19. The van der Waals surface area contributed by atoms with E-state index in [2.05, 4.69) is 5.32 Å². The Morgan fingerprint density at radius 2 is 1.84 bits per heavy atom. The highest BCUT2D eigenvalue weighted by Gasteiger charge is 2.37. The van der Waals surface area contributed by atoms with Gasteiger partial charge in [-0.25, -0.2) is 4.39 Å². The first-order valence-corrected chi connectivity index (χ1v) is 11.0. The monoisotopic (exact) mass is 437 g/mol. The molecule has 8 heteroatoms. The highest BCUT2D eigenvalue weighted by molar-refractivity contribution is 7.12. The fourth-order valence-electron chi connectivity index (χ4n) is 4.57. The summed E-state index contributed by atoms with van der Waals surface area (Å²) in [6.45, 7) is 1.55. The van der Waals surface area contributed by atoms with E-state index in [1.807, 2.05) is 11.4 Å². The van der Waals surface area contributed by atoms with Crippen LogP contribution in [0.4, 0.5) is 10.1 Å². The van der Waals surface area contributed by atoms with Crippen LogP contribution in [0.3, 0.4) is 0 Å². The minimum absolute atomic E-state index is 0.0478. The second-order valence-corrected chi connectivity index (χ2v) is 8.98. The van der Waals surface area contributed by atoms with Crippen LogP contribution in [0.1, 0.15) is 38.1 Å². The fraction of sp³-hybridized carbons (Fsp3) is 0.261. The van der Waals surface area contributed by atoms with Crippen molar-refractivity contribution in [3.8, 4) is 0 Å². The molecule has 1 N–H and O–H groups in total. The molecule has 2 aliphatic heterocycles. The van der Waals surface area contributed by atoms with Crippen molar-refractivity contribution in [2.24, 2.45) is 5.92 Å². The molecule has 0 aliphatic carbocycles. The maximum atomic E-state index is 13.2. The molecule has 0 saturated carbocycles. The Hall–Kier alpha value is -3.26. The summed E-state index contributed by atoms with van der Waals surface area (Å²) in [4.78, 5) is 40.6. The number of thiophene rings is 1. The van der Waals surface area contributed by atoms with Gasteiger partial charge in [-0.15, -0.1) is 11.3 Å². The molecule has 1 aromatic carbocycles. The van der Waals surface area contributed by atoms with Gasteiger partial charge in [0.15, 0.2) is 0 Å². The second-order valence-electron chi connectivity index (χ2n) is 8.03. The van der Waals surface area contributed by atoms with Crippen LogP contribution in [0.5, 0.6) is 0 Å². The van der Waals surface area contributed by atoms with Crippen LogP contribution in [0.25, 0.3) is 0 Å². The summed E-state index contributed by atoms with van der Waals surface area (Å²) in [6.07, 6.45) is 0.910. The minimum atomic E-state index is -0.373. The van der Waals surface area contributed by atoms with E-state index in [0.29, 0.717) is 30.1 Å². The molecular formula is C23H20FN3O3S. The Balaban J connectivity index is 1.38. The summed E-state index contributed by atoms with van der Waals surface area (Å²) in [5.74, 6) is -0.587. The van der Waals surface area contributed by atoms with Gasteiger partial charge in [-0.3, -0.25) is 14.4 Å². The molecular weight excluding hydrogens is 417 g/mol. The van der Waals surface area contributed by atoms with Crippen LogP contribution >= 0.6 is 11.3 Å². The Morgan fingerprint density at radius 1 is 1.03 bits per heavy atom. The first-order valence-electron chi connectivity index (χ1n) is 10.1. The van der Waals surface area contributed by atoms with Crippen molar-refractivity contribution in [1.82, 2.24) is 9.47 Å². The van der Waals surface area contributed by atoms with Gasteiger partial charge in [-0.2, -0.15) is 0 Å².